The van der Waals surface area contributed by atoms with Crippen LogP contribution in [0.25, 0.3) is 11.2 Å². The second-order valence-corrected chi connectivity index (χ2v) is 6.34. The molecule has 2 unspecified atom stereocenters. The number of hydrogen-bond donors (Lipinski definition) is 0. The largest absolute Gasteiger partial charge is 0.308 e. The average molecular weight is 292 g/mol. The molecule has 1 saturated carbocycles. The monoisotopic (exact) mass is 291 g/mol. The van der Waals surface area contributed by atoms with Crippen molar-refractivity contribution in [1.29, 1.82) is 0 Å². The van der Waals surface area contributed by atoms with Gasteiger partial charge in [0.25, 0.3) is 0 Å². The van der Waals surface area contributed by atoms with Crippen LogP contribution in [0.4, 0.5) is 0 Å². The first kappa shape index (κ1) is 13.9. The van der Waals surface area contributed by atoms with Crippen molar-refractivity contribution < 1.29 is 0 Å². The quantitative estimate of drug-likeness (QED) is 0.597. The molecule has 0 spiro atoms. The number of nitrogens with zero attached hydrogens (tertiary/aromatic N) is 3. The zero-order chi connectivity index (χ0) is 14.1. The van der Waals surface area contributed by atoms with E-state index in [0.29, 0.717) is 17.8 Å². The van der Waals surface area contributed by atoms with E-state index in [0.717, 1.165) is 22.6 Å². The molecule has 1 aliphatic carbocycles. The van der Waals surface area contributed by atoms with Crippen LogP contribution >= 0.6 is 11.6 Å². The third-order valence-corrected chi connectivity index (χ3v) is 4.75. The zero-order valence-electron chi connectivity index (χ0n) is 12.3. The highest BCUT2D eigenvalue weighted by molar-refractivity contribution is 6.16. The Hall–Kier alpha value is -1.09. The summed E-state index contributed by atoms with van der Waals surface area (Å²) in [6, 6.07) is 2.60. The van der Waals surface area contributed by atoms with Crippen LogP contribution in [-0.2, 0) is 5.88 Å². The molecule has 108 valence electrons. The molecule has 3 rings (SSSR count). The lowest BCUT2D eigenvalue weighted by molar-refractivity contribution is 0.334. The number of fused-ring (bicyclic) bond motifs is 1. The van der Waals surface area contributed by atoms with Gasteiger partial charge in [0.05, 0.1) is 5.88 Å². The van der Waals surface area contributed by atoms with E-state index in [9.17, 15) is 0 Å². The van der Waals surface area contributed by atoms with E-state index in [1.165, 1.54) is 32.1 Å². The van der Waals surface area contributed by atoms with Crippen LogP contribution in [0, 0.1) is 12.8 Å². The van der Waals surface area contributed by atoms with Crippen molar-refractivity contribution in [3.8, 4) is 0 Å². The minimum atomic E-state index is 0.457. The van der Waals surface area contributed by atoms with Gasteiger partial charge in [0, 0.05) is 12.2 Å². The number of aromatic nitrogens is 3. The highest BCUT2D eigenvalue weighted by atomic mass is 35.5. The number of rotatable bonds is 2. The Bertz CT molecular complexity index is 605. The molecule has 0 aliphatic heterocycles. The summed E-state index contributed by atoms with van der Waals surface area (Å²) in [5.41, 5.74) is 3.14. The van der Waals surface area contributed by atoms with Crippen molar-refractivity contribution in [3.05, 3.63) is 23.7 Å². The van der Waals surface area contributed by atoms with Gasteiger partial charge in [0.2, 0.25) is 0 Å². The number of alkyl halides is 1. The highest BCUT2D eigenvalue weighted by Crippen LogP contribution is 2.35. The van der Waals surface area contributed by atoms with E-state index in [1.807, 2.05) is 6.20 Å². The van der Waals surface area contributed by atoms with Gasteiger partial charge in [-0.1, -0.05) is 26.2 Å². The summed E-state index contributed by atoms with van der Waals surface area (Å²) in [6.45, 7) is 4.41. The van der Waals surface area contributed by atoms with Crippen molar-refractivity contribution in [1.82, 2.24) is 14.5 Å². The number of aryl methyl sites for hydroxylation is 1. The van der Waals surface area contributed by atoms with Crippen LogP contribution in [-0.4, -0.2) is 14.5 Å². The van der Waals surface area contributed by atoms with Gasteiger partial charge in [-0.25, -0.2) is 9.97 Å². The normalized spacial score (nSPS) is 23.9. The van der Waals surface area contributed by atoms with Gasteiger partial charge in [-0.15, -0.1) is 11.6 Å². The molecule has 0 N–H and O–H groups in total. The van der Waals surface area contributed by atoms with Gasteiger partial charge in [-0.05, 0) is 37.3 Å². The van der Waals surface area contributed by atoms with Gasteiger partial charge in [0.1, 0.15) is 11.3 Å². The molecule has 3 nitrogen and oxygen atoms in total. The van der Waals surface area contributed by atoms with Crippen LogP contribution in [0.15, 0.2) is 12.3 Å². The van der Waals surface area contributed by atoms with Crippen molar-refractivity contribution in [2.24, 2.45) is 5.92 Å². The molecule has 20 heavy (non-hydrogen) atoms. The second-order valence-electron chi connectivity index (χ2n) is 6.07. The highest BCUT2D eigenvalue weighted by Gasteiger charge is 2.26. The van der Waals surface area contributed by atoms with Gasteiger partial charge < -0.3 is 4.57 Å². The smallest absolute Gasteiger partial charge is 0.160 e. The molecule has 0 bridgehead atoms. The Balaban J connectivity index is 2.12. The van der Waals surface area contributed by atoms with E-state index in [2.05, 4.69) is 29.5 Å². The maximum absolute atomic E-state index is 6.14. The molecule has 0 aromatic carbocycles. The van der Waals surface area contributed by atoms with Crippen molar-refractivity contribution >= 4 is 22.8 Å². The Morgan fingerprint density at radius 3 is 2.90 bits per heavy atom. The van der Waals surface area contributed by atoms with Gasteiger partial charge in [0.15, 0.2) is 5.65 Å². The summed E-state index contributed by atoms with van der Waals surface area (Å²) in [5, 5.41) is 0. The van der Waals surface area contributed by atoms with Crippen LogP contribution in [0.2, 0.25) is 0 Å². The molecule has 2 aromatic heterocycles. The predicted molar refractivity (Wildman–Crippen MR) is 83.1 cm³/mol. The molecule has 0 saturated heterocycles. The minimum Gasteiger partial charge on any atom is -0.308 e. The summed E-state index contributed by atoms with van der Waals surface area (Å²) < 4.78 is 2.32. The molecule has 2 heterocycles. The van der Waals surface area contributed by atoms with Crippen LogP contribution in [0.5, 0.6) is 0 Å². The summed E-state index contributed by atoms with van der Waals surface area (Å²) in [5.74, 6) is 2.09. The molecule has 2 aromatic rings. The molecular formula is C16H22ClN3. The third kappa shape index (κ3) is 2.44. The topological polar surface area (TPSA) is 30.7 Å². The molecule has 0 amide bonds. The van der Waals surface area contributed by atoms with Crippen molar-refractivity contribution in [3.63, 3.8) is 0 Å². The fraction of sp³-hybridized carbons (Fsp3) is 0.625. The molecular weight excluding hydrogens is 270 g/mol. The molecule has 0 radical (unpaired) electrons. The van der Waals surface area contributed by atoms with Crippen molar-refractivity contribution in [2.75, 3.05) is 0 Å². The van der Waals surface area contributed by atoms with E-state index >= 15 is 0 Å². The number of pyridine rings is 1. The molecule has 4 heteroatoms. The van der Waals surface area contributed by atoms with Crippen LogP contribution in [0.1, 0.15) is 56.5 Å². The Kier molecular flexibility index (Phi) is 3.97. The van der Waals surface area contributed by atoms with Crippen LogP contribution < -0.4 is 0 Å². The lowest BCUT2D eigenvalue weighted by atomic mass is 9.96. The van der Waals surface area contributed by atoms with Gasteiger partial charge >= 0.3 is 0 Å². The predicted octanol–water partition coefficient (Wildman–Crippen LogP) is 4.62. The Morgan fingerprint density at radius 1 is 1.30 bits per heavy atom. The van der Waals surface area contributed by atoms with E-state index < -0.39 is 0 Å². The standard InChI is InChI=1S/C16H22ClN3/c1-11-8-13-16(18-10-11)20(15(9-17)19-13)14-7-5-3-4-6-12(14)2/h8,10,12,14H,3-7,9H2,1-2H3. The first-order valence-corrected chi connectivity index (χ1v) is 8.13. The summed E-state index contributed by atoms with van der Waals surface area (Å²) in [6.07, 6.45) is 8.41. The Morgan fingerprint density at radius 2 is 2.10 bits per heavy atom. The van der Waals surface area contributed by atoms with Gasteiger partial charge in [-0.2, -0.15) is 0 Å². The van der Waals surface area contributed by atoms with E-state index in [-0.39, 0.29) is 0 Å². The minimum absolute atomic E-state index is 0.457. The first-order valence-electron chi connectivity index (χ1n) is 7.60. The molecule has 1 aliphatic rings. The summed E-state index contributed by atoms with van der Waals surface area (Å²) in [4.78, 5) is 9.33. The Labute approximate surface area is 125 Å². The van der Waals surface area contributed by atoms with Gasteiger partial charge in [-0.3, -0.25) is 0 Å². The molecule has 2 atom stereocenters. The second kappa shape index (κ2) is 5.72. The first-order chi connectivity index (χ1) is 9.70. The van der Waals surface area contributed by atoms with Crippen molar-refractivity contribution in [2.45, 2.75) is 57.9 Å². The summed E-state index contributed by atoms with van der Waals surface area (Å²) >= 11 is 6.14. The molecule has 1 fully saturated rings. The maximum Gasteiger partial charge on any atom is 0.160 e. The van der Waals surface area contributed by atoms with E-state index in [4.69, 9.17) is 16.6 Å². The lowest BCUT2D eigenvalue weighted by Gasteiger charge is -2.25. The number of hydrogen-bond acceptors (Lipinski definition) is 2. The van der Waals surface area contributed by atoms with Crippen LogP contribution in [0.3, 0.4) is 0 Å². The summed E-state index contributed by atoms with van der Waals surface area (Å²) in [7, 11) is 0. The maximum atomic E-state index is 6.14. The fourth-order valence-electron chi connectivity index (χ4n) is 3.43. The number of halogens is 1. The lowest BCUT2D eigenvalue weighted by Crippen LogP contribution is -2.18. The SMILES string of the molecule is Cc1cnc2c(c1)nc(CCl)n2C1CCCCCC1C. The third-order valence-electron chi connectivity index (χ3n) is 4.51. The fourth-order valence-corrected chi connectivity index (χ4v) is 3.62. The van der Waals surface area contributed by atoms with E-state index in [1.54, 1.807) is 0 Å². The number of imidazole rings is 1. The zero-order valence-corrected chi connectivity index (χ0v) is 13.0. The average Bonchev–Trinajstić information content (AvgIpc) is 2.66.